The zero-order valence-corrected chi connectivity index (χ0v) is 21.2. The van der Waals surface area contributed by atoms with Crippen molar-refractivity contribution in [2.45, 2.75) is 58.2 Å². The molecule has 0 N–H and O–H groups in total. The maximum absolute atomic E-state index is 12.3. The number of rotatable bonds is 5. The number of ether oxygens (including phenoxy) is 3. The Kier molecular flexibility index (Phi) is 7.88. The molecule has 0 unspecified atom stereocenters. The van der Waals surface area contributed by atoms with Crippen LogP contribution in [-0.2, 0) is 24.5 Å². The maximum Gasteiger partial charge on any atom is 0.410 e. The summed E-state index contributed by atoms with van der Waals surface area (Å²) in [6.07, 6.45) is 2.42. The second-order valence-corrected chi connectivity index (χ2v) is 10.4. The van der Waals surface area contributed by atoms with Crippen LogP contribution < -0.4 is 9.47 Å². The highest BCUT2D eigenvalue weighted by atomic mass is 32.2. The number of amides is 1. The summed E-state index contributed by atoms with van der Waals surface area (Å²) in [6, 6.07) is 7.53. The Labute approximate surface area is 207 Å². The summed E-state index contributed by atoms with van der Waals surface area (Å²) in [5.74, 6) is 1.51. The molecule has 4 rings (SSSR count). The molecule has 0 aliphatic carbocycles. The van der Waals surface area contributed by atoms with Gasteiger partial charge in [-0.05, 0) is 45.4 Å². The summed E-state index contributed by atoms with van der Waals surface area (Å²) < 4.78 is 38.9. The minimum atomic E-state index is -1.66. The van der Waals surface area contributed by atoms with Crippen LogP contribution in [0.3, 0.4) is 0 Å². The van der Waals surface area contributed by atoms with E-state index < -0.39 is 17.0 Å². The molecule has 190 valence electrons. The van der Waals surface area contributed by atoms with Gasteiger partial charge < -0.3 is 19.1 Å². The van der Waals surface area contributed by atoms with Crippen LogP contribution in [0.4, 0.5) is 4.79 Å². The molecule has 2 aliphatic heterocycles. The van der Waals surface area contributed by atoms with Crippen molar-refractivity contribution in [3.63, 3.8) is 0 Å². The topological polar surface area (TPSA) is 109 Å². The van der Waals surface area contributed by atoms with Gasteiger partial charge in [0.1, 0.15) is 23.8 Å². The second kappa shape index (κ2) is 10.9. The first kappa shape index (κ1) is 25.3. The van der Waals surface area contributed by atoms with E-state index >= 15 is 0 Å². The Morgan fingerprint density at radius 3 is 2.31 bits per heavy atom. The third kappa shape index (κ3) is 6.89. The van der Waals surface area contributed by atoms with E-state index in [-0.39, 0.29) is 18.1 Å². The first-order valence-electron chi connectivity index (χ1n) is 11.6. The van der Waals surface area contributed by atoms with Gasteiger partial charge in [0.05, 0.1) is 18.8 Å². The van der Waals surface area contributed by atoms with Crippen LogP contribution >= 0.6 is 0 Å². The fourth-order valence-electron chi connectivity index (χ4n) is 3.75. The maximum atomic E-state index is 12.3. The third-order valence-corrected chi connectivity index (χ3v) is 6.32. The summed E-state index contributed by atoms with van der Waals surface area (Å²) >= 11 is -1.66. The molecule has 3 heterocycles. The average molecular weight is 506 g/mol. The number of benzene rings is 1. The summed E-state index contributed by atoms with van der Waals surface area (Å²) in [5.41, 5.74) is 1.19. The van der Waals surface area contributed by atoms with Crippen LogP contribution in [-0.4, -0.2) is 63.2 Å². The summed E-state index contributed by atoms with van der Waals surface area (Å²) in [7, 11) is 0. The van der Waals surface area contributed by atoms with Gasteiger partial charge in [0, 0.05) is 31.8 Å². The number of hydrogen-bond acceptors (Lipinski definition) is 9. The number of carbonyl (C=O) groups excluding carboxylic acids is 1. The molecule has 0 atom stereocenters. The van der Waals surface area contributed by atoms with Gasteiger partial charge in [-0.2, -0.15) is 4.21 Å². The molecule has 2 aliphatic rings. The molecule has 2 saturated heterocycles. The molecule has 0 saturated carbocycles. The van der Waals surface area contributed by atoms with E-state index in [1.807, 2.05) is 52.0 Å². The number of aromatic nitrogens is 2. The highest BCUT2D eigenvalue weighted by molar-refractivity contribution is 7.75. The summed E-state index contributed by atoms with van der Waals surface area (Å²) in [5, 5.41) is 0. The minimum Gasteiger partial charge on any atom is -0.474 e. The first-order valence-corrected chi connectivity index (χ1v) is 12.6. The quantitative estimate of drug-likeness (QED) is 0.594. The molecule has 0 radical (unpaired) electrons. The van der Waals surface area contributed by atoms with Crippen molar-refractivity contribution in [2.24, 2.45) is 0 Å². The summed E-state index contributed by atoms with van der Waals surface area (Å²) in [4.78, 5) is 22.5. The van der Waals surface area contributed by atoms with E-state index in [9.17, 15) is 9.00 Å². The Balaban J connectivity index is 1.33. The Morgan fingerprint density at radius 2 is 1.69 bits per heavy atom. The van der Waals surface area contributed by atoms with Crippen LogP contribution in [0.1, 0.15) is 50.7 Å². The van der Waals surface area contributed by atoms with Crippen molar-refractivity contribution >= 4 is 17.5 Å². The molecule has 35 heavy (non-hydrogen) atoms. The highest BCUT2D eigenvalue weighted by Crippen LogP contribution is 2.30. The normalized spacial score (nSPS) is 21.4. The first-order chi connectivity index (χ1) is 16.7. The lowest BCUT2D eigenvalue weighted by molar-refractivity contribution is 0.0122. The lowest BCUT2D eigenvalue weighted by atomic mass is 10.0. The number of likely N-dealkylation sites (tertiary alicyclic amines) is 1. The monoisotopic (exact) mass is 505 g/mol. The van der Waals surface area contributed by atoms with Crippen LogP contribution in [0.15, 0.2) is 30.6 Å². The third-order valence-electron chi connectivity index (χ3n) is 5.66. The number of carbonyl (C=O) groups is 1. The minimum absolute atomic E-state index is 0.0178. The molecule has 1 amide bonds. The smallest absolute Gasteiger partial charge is 0.410 e. The van der Waals surface area contributed by atoms with Crippen molar-refractivity contribution in [2.75, 3.05) is 26.3 Å². The van der Waals surface area contributed by atoms with Crippen molar-refractivity contribution in [3.8, 4) is 17.5 Å². The van der Waals surface area contributed by atoms with E-state index in [2.05, 4.69) is 9.97 Å². The SMILES string of the molecule is Cc1c(Oc2ccc([C@H]3CO[S@@](=O)OC3)cc2)ncnc1OC1CCN(C(=O)OC(C)(C)C)CC1. The van der Waals surface area contributed by atoms with Gasteiger partial charge in [-0.15, -0.1) is 0 Å². The van der Waals surface area contributed by atoms with Crippen LogP contribution in [0.5, 0.6) is 17.5 Å². The Morgan fingerprint density at radius 1 is 1.06 bits per heavy atom. The van der Waals surface area contributed by atoms with Crippen molar-refractivity contribution in [1.29, 1.82) is 0 Å². The predicted molar refractivity (Wildman–Crippen MR) is 128 cm³/mol. The highest BCUT2D eigenvalue weighted by Gasteiger charge is 2.28. The Hall–Kier alpha value is -2.76. The number of hydrogen-bond donors (Lipinski definition) is 0. The summed E-state index contributed by atoms with van der Waals surface area (Å²) in [6.45, 7) is 9.24. The fourth-order valence-corrected chi connectivity index (χ4v) is 4.37. The molecular formula is C24H31N3O7S. The van der Waals surface area contributed by atoms with E-state index in [1.165, 1.54) is 6.33 Å². The van der Waals surface area contributed by atoms with Crippen LogP contribution in [0.2, 0.25) is 0 Å². The molecule has 0 bridgehead atoms. The average Bonchev–Trinajstić information content (AvgIpc) is 2.82. The standard InChI is InChI=1S/C24H31N3O7S/c1-16-21(32-19-7-5-17(6-8-19)18-13-30-35(29)31-14-18)25-15-26-22(16)33-20-9-11-27(12-10-20)23(28)34-24(2,3)4/h5-8,15,18,20H,9-14H2,1-4H3/t18-,35+. The van der Waals surface area contributed by atoms with E-state index in [1.54, 1.807) is 4.90 Å². The van der Waals surface area contributed by atoms with Crippen LogP contribution in [0.25, 0.3) is 0 Å². The molecule has 0 spiro atoms. The predicted octanol–water partition coefficient (Wildman–Crippen LogP) is 4.06. The van der Waals surface area contributed by atoms with E-state index in [4.69, 9.17) is 22.6 Å². The van der Waals surface area contributed by atoms with Crippen molar-refractivity contribution < 1.29 is 31.6 Å². The molecule has 2 aromatic rings. The lowest BCUT2D eigenvalue weighted by Gasteiger charge is -2.33. The van der Waals surface area contributed by atoms with Gasteiger partial charge in [-0.25, -0.2) is 14.8 Å². The molecule has 1 aromatic carbocycles. The number of piperidine rings is 1. The van der Waals surface area contributed by atoms with Crippen molar-refractivity contribution in [1.82, 2.24) is 14.9 Å². The van der Waals surface area contributed by atoms with E-state index in [0.717, 1.165) is 5.56 Å². The van der Waals surface area contributed by atoms with E-state index in [0.29, 0.717) is 62.2 Å². The van der Waals surface area contributed by atoms with Gasteiger partial charge in [0.2, 0.25) is 11.8 Å². The molecule has 11 heteroatoms. The van der Waals surface area contributed by atoms with Crippen LogP contribution in [0, 0.1) is 6.92 Å². The second-order valence-electron chi connectivity index (χ2n) is 9.53. The van der Waals surface area contributed by atoms with Gasteiger partial charge in [-0.1, -0.05) is 12.1 Å². The van der Waals surface area contributed by atoms with Gasteiger partial charge >= 0.3 is 17.5 Å². The largest absolute Gasteiger partial charge is 0.474 e. The van der Waals surface area contributed by atoms with Crippen molar-refractivity contribution in [3.05, 3.63) is 41.7 Å². The van der Waals surface area contributed by atoms with Gasteiger partial charge in [0.25, 0.3) is 0 Å². The fraction of sp³-hybridized carbons (Fsp3) is 0.542. The molecule has 1 aromatic heterocycles. The van der Waals surface area contributed by atoms with Gasteiger partial charge in [0.15, 0.2) is 0 Å². The zero-order valence-electron chi connectivity index (χ0n) is 20.4. The van der Waals surface area contributed by atoms with Gasteiger partial charge in [-0.3, -0.25) is 8.37 Å². The molecular weight excluding hydrogens is 474 g/mol. The Bertz CT molecular complexity index is 1040. The number of nitrogens with zero attached hydrogens (tertiary/aromatic N) is 3. The lowest BCUT2D eigenvalue weighted by Crippen LogP contribution is -2.44. The zero-order chi connectivity index (χ0) is 25.0. The molecule has 10 nitrogen and oxygen atoms in total. The molecule has 2 fully saturated rings.